The molecule has 0 aromatic carbocycles. The topological polar surface area (TPSA) is 184 Å². The van der Waals surface area contributed by atoms with Crippen LogP contribution in [0, 0.1) is 17.8 Å². The normalized spacial score (nSPS) is 39.5. The maximum absolute atomic E-state index is 12.7. The van der Waals surface area contributed by atoms with Crippen molar-refractivity contribution in [3.63, 3.8) is 0 Å². The van der Waals surface area contributed by atoms with Gasteiger partial charge in [0.15, 0.2) is 12.1 Å². The lowest BCUT2D eigenvalue weighted by Crippen LogP contribution is -2.62. The summed E-state index contributed by atoms with van der Waals surface area (Å²) < 4.78 is 17.7. The van der Waals surface area contributed by atoms with Gasteiger partial charge in [-0.05, 0) is 18.8 Å². The molecule has 2 aliphatic heterocycles. The molecule has 0 aliphatic carbocycles. The van der Waals surface area contributed by atoms with Gasteiger partial charge in [-0.2, -0.15) is 0 Å². The predicted octanol–water partition coefficient (Wildman–Crippen LogP) is -0.625. The number of aliphatic hydroxyl groups is 5. The second-order valence-corrected chi connectivity index (χ2v) is 10.8. The zero-order chi connectivity index (χ0) is 27.4. The highest BCUT2D eigenvalue weighted by atomic mass is 16.7. The van der Waals surface area contributed by atoms with E-state index in [1.165, 1.54) is 7.05 Å². The highest BCUT2D eigenvalue weighted by Crippen LogP contribution is 2.38. The quantitative estimate of drug-likeness (QED) is 0.184. The van der Waals surface area contributed by atoms with E-state index in [9.17, 15) is 30.3 Å². The molecule has 2 fully saturated rings. The van der Waals surface area contributed by atoms with E-state index in [1.807, 2.05) is 19.9 Å². The summed E-state index contributed by atoms with van der Waals surface area (Å²) in [5.41, 5.74) is 5.94. The van der Waals surface area contributed by atoms with Crippen molar-refractivity contribution in [1.29, 1.82) is 0 Å². The van der Waals surface area contributed by atoms with E-state index in [0.717, 1.165) is 0 Å². The Hall–Kier alpha value is -1.15. The molecule has 11 heteroatoms. The van der Waals surface area contributed by atoms with Crippen LogP contribution in [0.15, 0.2) is 12.2 Å². The first kappa shape index (κ1) is 31.1. The lowest BCUT2D eigenvalue weighted by Gasteiger charge is -2.46. The fourth-order valence-electron chi connectivity index (χ4n) is 4.61. The van der Waals surface area contributed by atoms with Crippen molar-refractivity contribution in [2.45, 2.75) is 115 Å². The number of allylic oxidation sites excluding steroid dienone is 1. The number of nitrogens with two attached hydrogens (primary N) is 1. The molecule has 1 amide bonds. The third-order valence-electron chi connectivity index (χ3n) is 6.94. The van der Waals surface area contributed by atoms with Crippen LogP contribution in [0.2, 0.25) is 0 Å². The van der Waals surface area contributed by atoms with Crippen LogP contribution in [0.4, 0.5) is 0 Å². The molecule has 2 heterocycles. The average Bonchev–Trinajstić information content (AvgIpc) is 2.78. The second kappa shape index (κ2) is 13.1. The Morgan fingerprint density at radius 3 is 2.39 bits per heavy atom. The number of aliphatic hydroxyl groups excluding tert-OH is 4. The van der Waals surface area contributed by atoms with Gasteiger partial charge in [0.2, 0.25) is 5.91 Å². The fraction of sp³-hybridized carbons (Fsp3) is 0.880. The fourth-order valence-corrected chi connectivity index (χ4v) is 4.61. The number of amides is 1. The van der Waals surface area contributed by atoms with Gasteiger partial charge in [0.25, 0.3) is 0 Å². The van der Waals surface area contributed by atoms with Crippen molar-refractivity contribution in [3.05, 3.63) is 12.2 Å². The minimum atomic E-state index is -1.85. The van der Waals surface area contributed by atoms with E-state index < -0.39 is 72.7 Å². The van der Waals surface area contributed by atoms with E-state index in [1.54, 1.807) is 26.8 Å². The Balaban J connectivity index is 2.32. The SMILES string of the molecule is CNC(=O)[C@H]1C(C[C@H](/C=C/C(C)C)OC2OC(C)C(O)C(N)C2O)O[C@](O)(C[C@@H](O)C(C)C)C[C@@H]1O. The standard InChI is InChI=1S/C25H46N2O9/c1-12(2)7-8-15(35-24-22(31)20(26)21(30)14(5)34-24)9-18-19(23(32)27-6)17(29)11-25(33,36-18)10-16(28)13(3)4/h7-8,12-22,24,28-31,33H,9-11,26H2,1-6H3,(H,27,32)/b8-7+/t14?,15-,16+,17-,18?,19+,20?,21?,22?,24?,25+/m0/s1. The number of carbonyl (C=O) groups is 1. The molecule has 2 saturated heterocycles. The summed E-state index contributed by atoms with van der Waals surface area (Å²) in [7, 11) is 1.45. The molecule has 0 aromatic rings. The van der Waals surface area contributed by atoms with Crippen molar-refractivity contribution in [3.8, 4) is 0 Å². The van der Waals surface area contributed by atoms with Crippen LogP contribution >= 0.6 is 0 Å². The van der Waals surface area contributed by atoms with Gasteiger partial charge < -0.3 is 50.8 Å². The molecule has 8 N–H and O–H groups in total. The minimum absolute atomic E-state index is 0.0250. The molecule has 11 nitrogen and oxygen atoms in total. The molecule has 6 unspecified atom stereocenters. The first-order valence-corrected chi connectivity index (χ1v) is 12.8. The summed E-state index contributed by atoms with van der Waals surface area (Å²) in [6.07, 6.45) is -4.82. The van der Waals surface area contributed by atoms with Crippen LogP contribution in [-0.4, -0.2) is 99.3 Å². The van der Waals surface area contributed by atoms with Gasteiger partial charge in [-0.25, -0.2) is 0 Å². The Kier molecular flexibility index (Phi) is 11.3. The number of nitrogens with one attached hydrogen (secondary N) is 1. The Morgan fingerprint density at radius 2 is 1.83 bits per heavy atom. The van der Waals surface area contributed by atoms with Crippen molar-refractivity contribution in [2.24, 2.45) is 23.5 Å². The van der Waals surface area contributed by atoms with Crippen molar-refractivity contribution < 1.29 is 44.5 Å². The molecule has 11 atom stereocenters. The summed E-state index contributed by atoms with van der Waals surface area (Å²) in [6.45, 7) is 9.16. The number of ether oxygens (including phenoxy) is 3. The van der Waals surface area contributed by atoms with Crippen LogP contribution in [-0.2, 0) is 19.0 Å². The van der Waals surface area contributed by atoms with Gasteiger partial charge in [-0.3, -0.25) is 4.79 Å². The lowest BCUT2D eigenvalue weighted by molar-refractivity contribution is -0.307. The molecule has 210 valence electrons. The highest BCUT2D eigenvalue weighted by molar-refractivity contribution is 5.79. The molecule has 36 heavy (non-hydrogen) atoms. The predicted molar refractivity (Wildman–Crippen MR) is 131 cm³/mol. The summed E-state index contributed by atoms with van der Waals surface area (Å²) in [6, 6.07) is -0.984. The van der Waals surface area contributed by atoms with Crippen molar-refractivity contribution in [1.82, 2.24) is 5.32 Å². The number of hydrogen-bond acceptors (Lipinski definition) is 10. The van der Waals surface area contributed by atoms with Crippen LogP contribution in [0.1, 0.15) is 53.9 Å². The number of hydrogen-bond donors (Lipinski definition) is 7. The average molecular weight is 519 g/mol. The Labute approximate surface area is 213 Å². The molecule has 0 spiro atoms. The smallest absolute Gasteiger partial charge is 0.228 e. The van der Waals surface area contributed by atoms with Crippen LogP contribution in [0.3, 0.4) is 0 Å². The van der Waals surface area contributed by atoms with E-state index in [2.05, 4.69) is 5.32 Å². The van der Waals surface area contributed by atoms with Gasteiger partial charge in [-0.15, -0.1) is 0 Å². The monoisotopic (exact) mass is 518 g/mol. The maximum atomic E-state index is 12.7. The van der Waals surface area contributed by atoms with E-state index in [-0.39, 0.29) is 31.1 Å². The first-order chi connectivity index (χ1) is 16.7. The summed E-state index contributed by atoms with van der Waals surface area (Å²) in [5.74, 6) is -3.32. The van der Waals surface area contributed by atoms with E-state index >= 15 is 0 Å². The van der Waals surface area contributed by atoms with Gasteiger partial charge in [0.05, 0.1) is 48.6 Å². The molecule has 2 aliphatic rings. The Morgan fingerprint density at radius 1 is 1.19 bits per heavy atom. The van der Waals surface area contributed by atoms with Gasteiger partial charge in [0.1, 0.15) is 6.10 Å². The van der Waals surface area contributed by atoms with Gasteiger partial charge in [-0.1, -0.05) is 39.8 Å². The third kappa shape index (κ3) is 7.92. The van der Waals surface area contributed by atoms with Crippen molar-refractivity contribution in [2.75, 3.05) is 7.05 Å². The highest BCUT2D eigenvalue weighted by Gasteiger charge is 2.50. The third-order valence-corrected chi connectivity index (χ3v) is 6.94. The lowest BCUT2D eigenvalue weighted by atomic mass is 9.82. The molecular formula is C25H46N2O9. The summed E-state index contributed by atoms with van der Waals surface area (Å²) in [4.78, 5) is 12.7. The molecule has 0 bridgehead atoms. The van der Waals surface area contributed by atoms with Gasteiger partial charge in [0, 0.05) is 26.3 Å². The second-order valence-electron chi connectivity index (χ2n) is 10.8. The summed E-state index contributed by atoms with van der Waals surface area (Å²) >= 11 is 0. The zero-order valence-corrected chi connectivity index (χ0v) is 22.2. The van der Waals surface area contributed by atoms with Crippen LogP contribution in [0.5, 0.6) is 0 Å². The number of carbonyl (C=O) groups excluding carboxylic acids is 1. The molecular weight excluding hydrogens is 472 g/mol. The summed E-state index contributed by atoms with van der Waals surface area (Å²) in [5, 5.41) is 55.6. The molecule has 2 rings (SSSR count). The van der Waals surface area contributed by atoms with Crippen LogP contribution in [0.25, 0.3) is 0 Å². The largest absolute Gasteiger partial charge is 0.393 e. The zero-order valence-electron chi connectivity index (χ0n) is 22.2. The van der Waals surface area contributed by atoms with E-state index in [4.69, 9.17) is 19.9 Å². The minimum Gasteiger partial charge on any atom is -0.393 e. The molecule has 0 aromatic heterocycles. The maximum Gasteiger partial charge on any atom is 0.228 e. The van der Waals surface area contributed by atoms with E-state index in [0.29, 0.717) is 0 Å². The Bertz CT molecular complexity index is 736. The first-order valence-electron chi connectivity index (χ1n) is 12.8. The van der Waals surface area contributed by atoms with Crippen LogP contribution < -0.4 is 11.1 Å². The molecule has 0 saturated carbocycles. The van der Waals surface area contributed by atoms with Crippen molar-refractivity contribution >= 4 is 5.91 Å². The molecule has 0 radical (unpaired) electrons. The van der Waals surface area contributed by atoms with Gasteiger partial charge >= 0.3 is 0 Å². The number of rotatable bonds is 10.